The summed E-state index contributed by atoms with van der Waals surface area (Å²) in [4.78, 5) is 51.8. The molecule has 2 unspecified atom stereocenters. The van der Waals surface area contributed by atoms with E-state index in [1.54, 1.807) is 0 Å². The maximum atomic E-state index is 13.1. The topological polar surface area (TPSA) is 137 Å². The molecule has 0 aromatic heterocycles. The van der Waals surface area contributed by atoms with Crippen LogP contribution in [0.25, 0.3) is 0 Å². The molecule has 0 aliphatic heterocycles. The molecule has 0 radical (unpaired) electrons. The Morgan fingerprint density at radius 2 is 1.07 bits per heavy atom. The number of nitrogens with two attached hydrogens (primary N) is 1. The summed E-state index contributed by atoms with van der Waals surface area (Å²) in [6.07, 6.45) is 13.0. The van der Waals surface area contributed by atoms with Gasteiger partial charge in [-0.2, -0.15) is 0 Å². The van der Waals surface area contributed by atoms with E-state index < -0.39 is 61.5 Å². The van der Waals surface area contributed by atoms with Crippen molar-refractivity contribution in [3.63, 3.8) is 0 Å². The minimum atomic E-state index is -3.17. The van der Waals surface area contributed by atoms with E-state index in [-0.39, 0.29) is 37.1 Å². The Kier molecular flexibility index (Phi) is 27.5. The molecule has 12 heteroatoms. The fourth-order valence-corrected chi connectivity index (χ4v) is 32.4. The Bertz CT molecular complexity index is 823. The molecule has 0 aliphatic carbocycles. The molecular weight excluding hydrogens is 816 g/mol. The third kappa shape index (κ3) is 19.7. The summed E-state index contributed by atoms with van der Waals surface area (Å²) in [6, 6.07) is -1.80. The van der Waals surface area contributed by atoms with E-state index in [9.17, 15) is 19.2 Å². The Hall–Kier alpha value is -0.213. The molecule has 0 bridgehead atoms. The van der Waals surface area contributed by atoms with Gasteiger partial charge in [-0.3, -0.25) is 0 Å². The summed E-state index contributed by atoms with van der Waals surface area (Å²) in [5.41, 5.74) is 6.24. The molecule has 0 rings (SSSR count). The Morgan fingerprint density at radius 3 is 1.43 bits per heavy atom. The van der Waals surface area contributed by atoms with Crippen LogP contribution in [0, 0.1) is 0 Å². The van der Waals surface area contributed by atoms with Crippen LogP contribution >= 0.6 is 12.6 Å². The van der Waals surface area contributed by atoms with E-state index in [4.69, 9.17) is 11.9 Å². The van der Waals surface area contributed by atoms with E-state index in [0.29, 0.717) is 0 Å². The molecule has 4 N–H and O–H groups in total. The van der Waals surface area contributed by atoms with Crippen molar-refractivity contribution in [3.8, 4) is 0 Å². The number of hydrogen-bond donors (Lipinski definition) is 4. The Labute approximate surface area is 296 Å². The van der Waals surface area contributed by atoms with Gasteiger partial charge in [-0.05, 0) is 0 Å². The van der Waals surface area contributed by atoms with Gasteiger partial charge in [0.1, 0.15) is 0 Å². The number of carbonyl (C=O) groups excluding carboxylic acids is 4. The molecule has 0 saturated carbocycles. The maximum absolute atomic E-state index is 13.1. The fraction of sp³-hybridized carbons (Fsp3) is 0.882. The molecule has 0 heterocycles. The van der Waals surface area contributed by atoms with E-state index in [1.807, 2.05) is 0 Å². The molecule has 0 spiro atoms. The predicted molar refractivity (Wildman–Crippen MR) is 198 cm³/mol. The molecule has 2 atom stereocenters. The van der Waals surface area contributed by atoms with Gasteiger partial charge in [0.15, 0.2) is 0 Å². The molecule has 46 heavy (non-hydrogen) atoms. The molecule has 0 aromatic rings. The van der Waals surface area contributed by atoms with Gasteiger partial charge in [-0.15, -0.1) is 0 Å². The van der Waals surface area contributed by atoms with Crippen LogP contribution in [-0.4, -0.2) is 85.7 Å². The summed E-state index contributed by atoms with van der Waals surface area (Å²) in [7, 11) is 0. The van der Waals surface area contributed by atoms with Crippen molar-refractivity contribution in [1.82, 2.24) is 10.6 Å². The standard InChI is InChI=1S/C10H17N3O6S.6C4H9.2Sn/c11-5(10(18)19)1-2-7(14)13-6(4-20)9(17)12-3-8(15)16;6*1-3-4-2;;/h5-6,20H,1-4,11H2,(H,12,17)(H,13,14)(H,15,16)(H,18,19);6*1,3-4H2,2H3;;/q;;;;;;;2*+1/p-2. The molecule has 0 fully saturated rings. The van der Waals surface area contributed by atoms with E-state index in [0.717, 1.165) is 104 Å². The van der Waals surface area contributed by atoms with Gasteiger partial charge in [-0.1, -0.05) is 0 Å². The van der Waals surface area contributed by atoms with Crippen LogP contribution in [0.3, 0.4) is 0 Å². The summed E-state index contributed by atoms with van der Waals surface area (Å²) >= 11 is -2.06. The van der Waals surface area contributed by atoms with Crippen LogP contribution in [0.5, 0.6) is 0 Å². The van der Waals surface area contributed by atoms with Crippen molar-refractivity contribution < 1.29 is 25.3 Å². The number of unbranched alkanes of at least 4 members (excludes halogenated alkanes) is 6. The number of carbonyl (C=O) groups is 4. The van der Waals surface area contributed by atoms with Crippen molar-refractivity contribution in [3.05, 3.63) is 0 Å². The third-order valence-corrected chi connectivity index (χ3v) is 34.5. The van der Waals surface area contributed by atoms with Crippen LogP contribution in [0.4, 0.5) is 0 Å². The number of hydrogen-bond acceptors (Lipinski definition) is 8. The van der Waals surface area contributed by atoms with Gasteiger partial charge in [0.2, 0.25) is 0 Å². The monoisotopic (exact) mass is 887 g/mol. The number of rotatable bonds is 29. The van der Waals surface area contributed by atoms with Crippen LogP contribution in [0.2, 0.25) is 26.6 Å². The second-order valence-corrected chi connectivity index (χ2v) is 36.6. The Morgan fingerprint density at radius 1 is 0.674 bits per heavy atom. The summed E-state index contributed by atoms with van der Waals surface area (Å²) in [5, 5.41) is 5.34. The van der Waals surface area contributed by atoms with Gasteiger partial charge in [-0.25, -0.2) is 0 Å². The van der Waals surface area contributed by atoms with E-state index in [1.165, 1.54) is 0 Å². The van der Waals surface area contributed by atoms with Crippen LogP contribution in [0.15, 0.2) is 0 Å². The second-order valence-electron chi connectivity index (χ2n) is 13.0. The third-order valence-electron chi connectivity index (χ3n) is 8.79. The first kappa shape index (κ1) is 45.8. The van der Waals surface area contributed by atoms with Gasteiger partial charge in [0.05, 0.1) is 0 Å². The first-order valence-corrected chi connectivity index (χ1v) is 33.5. The first-order chi connectivity index (χ1) is 22.0. The van der Waals surface area contributed by atoms with Gasteiger partial charge in [0, 0.05) is 0 Å². The molecule has 2 amide bonds. The van der Waals surface area contributed by atoms with E-state index >= 15 is 0 Å². The summed E-state index contributed by atoms with van der Waals surface area (Å²) in [5.74, 6) is -1.57. The van der Waals surface area contributed by atoms with Crippen LogP contribution < -0.4 is 16.4 Å². The Balaban J connectivity index is 5.13. The van der Waals surface area contributed by atoms with Gasteiger partial charge < -0.3 is 0 Å². The number of amides is 2. The van der Waals surface area contributed by atoms with Crippen molar-refractivity contribution in [2.45, 2.75) is 170 Å². The zero-order valence-corrected chi connectivity index (χ0v) is 36.8. The van der Waals surface area contributed by atoms with Crippen LogP contribution in [0.1, 0.15) is 131 Å². The number of thiol groups is 1. The zero-order chi connectivity index (χ0) is 34.8. The van der Waals surface area contributed by atoms with Crippen LogP contribution in [-0.2, 0) is 25.3 Å². The molecular formula is C34H69N3O6SSn2. The molecule has 0 aromatic carbocycles. The second kappa shape index (κ2) is 27.6. The SMILES string of the molecule is CCC[CH2][Sn]([CH2]CCC)([CH2]CCC)[O]C(=O)CNC(=O)C(CS)NC(=O)CCC(N)C(=O)[O][Sn]([CH2]CCC)([CH2]CCC)[CH2]CCC. The van der Waals surface area contributed by atoms with Gasteiger partial charge >= 0.3 is 298 Å². The molecule has 270 valence electrons. The molecule has 0 saturated heterocycles. The van der Waals surface area contributed by atoms with Crippen molar-refractivity contribution in [2.75, 3.05) is 12.3 Å². The number of nitrogens with one attached hydrogen (secondary N) is 2. The fourth-order valence-electron chi connectivity index (χ4n) is 5.76. The van der Waals surface area contributed by atoms with Crippen molar-refractivity contribution in [1.29, 1.82) is 0 Å². The normalized spacial score (nSPS) is 13.1. The average molecular weight is 885 g/mol. The summed E-state index contributed by atoms with van der Waals surface area (Å²) in [6.45, 7) is 12.8. The predicted octanol–water partition coefficient (Wildman–Crippen LogP) is 7.40. The van der Waals surface area contributed by atoms with Crippen molar-refractivity contribution >= 4 is 74.0 Å². The zero-order valence-electron chi connectivity index (χ0n) is 30.2. The van der Waals surface area contributed by atoms with E-state index in [2.05, 4.69) is 64.8 Å². The quantitative estimate of drug-likeness (QED) is 0.0454. The summed E-state index contributed by atoms with van der Waals surface area (Å²) < 4.78 is 18.8. The average Bonchev–Trinajstić information content (AvgIpc) is 3.05. The van der Waals surface area contributed by atoms with Gasteiger partial charge in [0.25, 0.3) is 0 Å². The molecule has 0 aliphatic rings. The first-order valence-electron chi connectivity index (χ1n) is 18.4. The minimum absolute atomic E-state index is 0.0134. The van der Waals surface area contributed by atoms with Crippen molar-refractivity contribution in [2.24, 2.45) is 5.73 Å². The molecule has 9 nitrogen and oxygen atoms in total.